The molecule has 0 spiro atoms. The van der Waals surface area contributed by atoms with E-state index < -0.39 is 5.82 Å². The Morgan fingerprint density at radius 3 is 3.00 bits per heavy atom. The van der Waals surface area contributed by atoms with Crippen LogP contribution >= 0.6 is 0 Å². The maximum absolute atomic E-state index is 13.2. The average Bonchev–Trinajstić information content (AvgIpc) is 2.18. The fraction of sp³-hybridized carbons (Fsp3) is 0.200. The topological polar surface area (TPSA) is 30.5 Å². The van der Waals surface area contributed by atoms with Crippen molar-refractivity contribution < 1.29 is 14.0 Å². The van der Waals surface area contributed by atoms with Gasteiger partial charge in [-0.3, -0.25) is 10.3 Å². The number of ether oxygens (including phenoxy) is 1. The fourth-order valence-corrected chi connectivity index (χ4v) is 0.988. The van der Waals surface area contributed by atoms with E-state index in [2.05, 4.69) is 16.9 Å². The van der Waals surface area contributed by atoms with E-state index in [0.717, 1.165) is 0 Å². The van der Waals surface area contributed by atoms with Gasteiger partial charge in [0.15, 0.2) is 11.6 Å². The zero-order valence-electron chi connectivity index (χ0n) is 7.92. The van der Waals surface area contributed by atoms with E-state index in [1.165, 1.54) is 13.2 Å². The number of hydrogen-bond acceptors (Lipinski definition) is 3. The molecule has 0 fully saturated rings. The van der Waals surface area contributed by atoms with Crippen LogP contribution in [0.2, 0.25) is 0 Å². The van der Waals surface area contributed by atoms with Gasteiger partial charge in [-0.15, -0.1) is 0 Å². The highest BCUT2D eigenvalue weighted by atomic mass is 19.1. The number of anilines is 1. The molecule has 0 unspecified atom stereocenters. The van der Waals surface area contributed by atoms with Crippen molar-refractivity contribution in [3.05, 3.63) is 36.7 Å². The van der Waals surface area contributed by atoms with E-state index >= 15 is 0 Å². The lowest BCUT2D eigenvalue weighted by molar-refractivity contribution is 0.265. The summed E-state index contributed by atoms with van der Waals surface area (Å²) in [5, 5.41) is 0. The van der Waals surface area contributed by atoms with Crippen molar-refractivity contribution in [1.29, 1.82) is 0 Å². The standard InChI is InChI=1S/C10H12FNO2/c1-3-7-14-10-8(11)5-4-6-9(10)12-13-2/h3-6,12H,1,7H2,2H3. The second-order valence-corrected chi connectivity index (χ2v) is 2.52. The second kappa shape index (κ2) is 5.24. The van der Waals surface area contributed by atoms with Gasteiger partial charge in [-0.05, 0) is 12.1 Å². The molecule has 0 saturated heterocycles. The Kier molecular flexibility index (Phi) is 3.94. The van der Waals surface area contributed by atoms with Gasteiger partial charge in [-0.1, -0.05) is 18.7 Å². The highest BCUT2D eigenvalue weighted by molar-refractivity contribution is 5.55. The summed E-state index contributed by atoms with van der Waals surface area (Å²) in [6.45, 7) is 3.73. The zero-order valence-corrected chi connectivity index (χ0v) is 7.92. The minimum atomic E-state index is -0.436. The Bertz CT molecular complexity index is 315. The Balaban J connectivity index is 2.89. The summed E-state index contributed by atoms with van der Waals surface area (Å²) in [5.74, 6) is -0.303. The van der Waals surface area contributed by atoms with Gasteiger partial charge in [-0.2, -0.15) is 0 Å². The summed E-state index contributed by atoms with van der Waals surface area (Å²) in [6.07, 6.45) is 1.54. The first-order valence-electron chi connectivity index (χ1n) is 4.10. The van der Waals surface area contributed by atoms with Gasteiger partial charge >= 0.3 is 0 Å². The second-order valence-electron chi connectivity index (χ2n) is 2.52. The molecule has 0 amide bonds. The normalized spacial score (nSPS) is 9.57. The SMILES string of the molecule is C=CCOc1c(F)cccc1NOC. The van der Waals surface area contributed by atoms with Gasteiger partial charge in [0.1, 0.15) is 12.3 Å². The first-order chi connectivity index (χ1) is 6.79. The summed E-state index contributed by atoms with van der Waals surface area (Å²) in [4.78, 5) is 4.68. The predicted octanol–water partition coefficient (Wildman–Crippen LogP) is 2.36. The van der Waals surface area contributed by atoms with E-state index in [1.807, 2.05) is 0 Å². The average molecular weight is 197 g/mol. The minimum Gasteiger partial charge on any atom is -0.484 e. The maximum Gasteiger partial charge on any atom is 0.180 e. The molecule has 0 aliphatic rings. The summed E-state index contributed by atoms with van der Waals surface area (Å²) < 4.78 is 18.4. The van der Waals surface area contributed by atoms with Crippen LogP contribution in [0.25, 0.3) is 0 Å². The van der Waals surface area contributed by atoms with E-state index in [1.54, 1.807) is 18.2 Å². The summed E-state index contributed by atoms with van der Waals surface area (Å²) in [6, 6.07) is 4.54. The van der Waals surface area contributed by atoms with Gasteiger partial charge in [0.05, 0.1) is 7.11 Å². The van der Waals surface area contributed by atoms with Crippen LogP contribution in [0, 0.1) is 5.82 Å². The molecule has 1 N–H and O–H groups in total. The summed E-state index contributed by atoms with van der Waals surface area (Å²) in [5.41, 5.74) is 2.98. The van der Waals surface area contributed by atoms with Crippen molar-refractivity contribution in [2.45, 2.75) is 0 Å². The van der Waals surface area contributed by atoms with Crippen molar-refractivity contribution in [1.82, 2.24) is 0 Å². The fourth-order valence-electron chi connectivity index (χ4n) is 0.988. The Morgan fingerprint density at radius 1 is 1.57 bits per heavy atom. The molecule has 1 aromatic carbocycles. The first kappa shape index (κ1) is 10.5. The first-order valence-corrected chi connectivity index (χ1v) is 4.10. The van der Waals surface area contributed by atoms with Crippen LogP contribution in [0.1, 0.15) is 0 Å². The lowest BCUT2D eigenvalue weighted by Crippen LogP contribution is -2.02. The van der Waals surface area contributed by atoms with Crippen LogP contribution in [0.3, 0.4) is 0 Å². The van der Waals surface area contributed by atoms with Crippen LogP contribution in [0.15, 0.2) is 30.9 Å². The minimum absolute atomic E-state index is 0.134. The summed E-state index contributed by atoms with van der Waals surface area (Å²) in [7, 11) is 1.45. The molecule has 0 aliphatic heterocycles. The molecule has 0 heterocycles. The van der Waals surface area contributed by atoms with E-state index in [-0.39, 0.29) is 12.4 Å². The lowest BCUT2D eigenvalue weighted by Gasteiger charge is -2.10. The van der Waals surface area contributed by atoms with Gasteiger partial charge < -0.3 is 4.74 Å². The monoisotopic (exact) mass is 197 g/mol. The summed E-state index contributed by atoms with van der Waals surface area (Å²) >= 11 is 0. The molecule has 1 rings (SSSR count). The molecular formula is C10H12FNO2. The largest absolute Gasteiger partial charge is 0.484 e. The number of halogens is 1. The third-order valence-corrected chi connectivity index (χ3v) is 1.52. The van der Waals surface area contributed by atoms with E-state index in [4.69, 9.17) is 4.74 Å². The predicted molar refractivity (Wildman–Crippen MR) is 52.7 cm³/mol. The maximum atomic E-state index is 13.2. The molecule has 4 heteroatoms. The third kappa shape index (κ3) is 2.47. The molecule has 0 atom stereocenters. The van der Waals surface area contributed by atoms with Crippen molar-refractivity contribution >= 4 is 5.69 Å². The number of para-hydroxylation sites is 1. The highest BCUT2D eigenvalue weighted by Crippen LogP contribution is 2.27. The molecule has 0 aliphatic carbocycles. The quantitative estimate of drug-likeness (QED) is 0.580. The molecule has 0 radical (unpaired) electrons. The van der Waals surface area contributed by atoms with Crippen LogP contribution in [-0.2, 0) is 4.84 Å². The van der Waals surface area contributed by atoms with Crippen LogP contribution in [0.5, 0.6) is 5.75 Å². The molecular weight excluding hydrogens is 185 g/mol. The van der Waals surface area contributed by atoms with Crippen molar-refractivity contribution in [3.8, 4) is 5.75 Å². The van der Waals surface area contributed by atoms with Crippen LogP contribution in [-0.4, -0.2) is 13.7 Å². The number of benzene rings is 1. The lowest BCUT2D eigenvalue weighted by atomic mass is 10.3. The number of hydrogen-bond donors (Lipinski definition) is 1. The molecule has 3 nitrogen and oxygen atoms in total. The number of rotatable bonds is 5. The zero-order chi connectivity index (χ0) is 10.4. The Labute approximate surface area is 82.1 Å². The van der Waals surface area contributed by atoms with Gasteiger partial charge in [0.25, 0.3) is 0 Å². The van der Waals surface area contributed by atoms with Crippen molar-refractivity contribution in [2.24, 2.45) is 0 Å². The van der Waals surface area contributed by atoms with Crippen molar-refractivity contribution in [3.63, 3.8) is 0 Å². The molecule has 14 heavy (non-hydrogen) atoms. The van der Waals surface area contributed by atoms with Crippen LogP contribution in [0.4, 0.5) is 10.1 Å². The Morgan fingerprint density at radius 2 is 2.36 bits per heavy atom. The highest BCUT2D eigenvalue weighted by Gasteiger charge is 2.08. The molecule has 76 valence electrons. The molecule has 0 bridgehead atoms. The van der Waals surface area contributed by atoms with Gasteiger partial charge in [-0.25, -0.2) is 4.39 Å². The van der Waals surface area contributed by atoms with Crippen molar-refractivity contribution in [2.75, 3.05) is 19.2 Å². The number of nitrogens with one attached hydrogen (secondary N) is 1. The Hall–Kier alpha value is -1.55. The molecule has 0 aromatic heterocycles. The third-order valence-electron chi connectivity index (χ3n) is 1.52. The van der Waals surface area contributed by atoms with E-state index in [0.29, 0.717) is 5.69 Å². The van der Waals surface area contributed by atoms with E-state index in [9.17, 15) is 4.39 Å². The van der Waals surface area contributed by atoms with Crippen LogP contribution < -0.4 is 10.2 Å². The van der Waals surface area contributed by atoms with Gasteiger partial charge in [0, 0.05) is 0 Å². The molecule has 1 aromatic rings. The molecule has 0 saturated carbocycles. The smallest absolute Gasteiger partial charge is 0.180 e. The van der Waals surface area contributed by atoms with Gasteiger partial charge in [0.2, 0.25) is 0 Å².